The van der Waals surface area contributed by atoms with Gasteiger partial charge in [0.15, 0.2) is 5.16 Å². The van der Waals surface area contributed by atoms with Crippen LogP contribution in [0.3, 0.4) is 0 Å². The van der Waals surface area contributed by atoms with Gasteiger partial charge in [0.1, 0.15) is 0 Å². The van der Waals surface area contributed by atoms with Crippen molar-refractivity contribution < 1.29 is 4.79 Å². The average Bonchev–Trinajstić information content (AvgIpc) is 2.79. The van der Waals surface area contributed by atoms with E-state index in [9.17, 15) is 9.59 Å². The van der Waals surface area contributed by atoms with Crippen molar-refractivity contribution in [2.75, 3.05) is 12.3 Å². The van der Waals surface area contributed by atoms with E-state index in [4.69, 9.17) is 23.2 Å². The summed E-state index contributed by atoms with van der Waals surface area (Å²) in [6.45, 7) is 0.621. The zero-order valence-electron chi connectivity index (χ0n) is 17.4. The Balaban J connectivity index is 1.54. The molecule has 166 valence electrons. The third-order valence-corrected chi connectivity index (χ3v) is 6.80. The molecular weight excluding hydrogens is 465 g/mol. The minimum atomic E-state index is -0.221. The highest BCUT2D eigenvalue weighted by atomic mass is 35.5. The van der Waals surface area contributed by atoms with Gasteiger partial charge in [0.2, 0.25) is 5.91 Å². The molecule has 1 heterocycles. The lowest BCUT2D eigenvalue weighted by Crippen LogP contribution is -2.27. The highest BCUT2D eigenvalue weighted by Gasteiger charge is 2.15. The number of carbonyl (C=O) groups is 1. The summed E-state index contributed by atoms with van der Waals surface area (Å²) in [5.74, 6) is 0.0695. The third-order valence-electron chi connectivity index (χ3n) is 5.37. The maximum absolute atomic E-state index is 13.3. The number of nitrogens with zero attached hydrogens (tertiary/aromatic N) is 2. The van der Waals surface area contributed by atoms with Crippen LogP contribution in [-0.2, 0) is 4.79 Å². The standard InChI is InChI=1S/C24H23Cl2N3O2S/c25-17-6-9-19(10-7-17)29-23(31)20-11-8-18(26)14-21(20)28-24(29)32-15-22(30)27-13-12-16-4-2-1-3-5-16/h4,6-11,14H,1-3,5,12-13,15H2,(H,27,30). The van der Waals surface area contributed by atoms with Gasteiger partial charge in [-0.25, -0.2) is 4.98 Å². The Labute approximate surface area is 200 Å². The molecule has 0 fully saturated rings. The van der Waals surface area contributed by atoms with E-state index in [2.05, 4.69) is 16.4 Å². The second-order valence-corrected chi connectivity index (χ2v) is 9.48. The summed E-state index contributed by atoms with van der Waals surface area (Å²) in [4.78, 5) is 30.4. The summed E-state index contributed by atoms with van der Waals surface area (Å²) < 4.78 is 1.51. The van der Waals surface area contributed by atoms with Crippen molar-refractivity contribution in [3.05, 3.63) is 74.5 Å². The second-order valence-electron chi connectivity index (χ2n) is 7.67. The lowest BCUT2D eigenvalue weighted by Gasteiger charge is -2.14. The first-order valence-corrected chi connectivity index (χ1v) is 12.3. The van der Waals surface area contributed by atoms with Crippen molar-refractivity contribution in [3.8, 4) is 5.69 Å². The molecule has 0 unspecified atom stereocenters. The van der Waals surface area contributed by atoms with Gasteiger partial charge < -0.3 is 5.32 Å². The number of hydrogen-bond acceptors (Lipinski definition) is 4. The van der Waals surface area contributed by atoms with Crippen molar-refractivity contribution >= 4 is 51.8 Å². The summed E-state index contributed by atoms with van der Waals surface area (Å²) in [6, 6.07) is 11.9. The number of allylic oxidation sites excluding steroid dienone is 1. The van der Waals surface area contributed by atoms with E-state index >= 15 is 0 Å². The first kappa shape index (κ1) is 22.9. The van der Waals surface area contributed by atoms with E-state index < -0.39 is 0 Å². The van der Waals surface area contributed by atoms with Gasteiger partial charge in [-0.05, 0) is 74.6 Å². The Morgan fingerprint density at radius 2 is 1.88 bits per heavy atom. The maximum atomic E-state index is 13.3. The molecule has 0 aliphatic heterocycles. The van der Waals surface area contributed by atoms with Crippen LogP contribution in [0.2, 0.25) is 10.0 Å². The number of thioether (sulfide) groups is 1. The van der Waals surface area contributed by atoms with Crippen LogP contribution in [-0.4, -0.2) is 27.8 Å². The van der Waals surface area contributed by atoms with Gasteiger partial charge in [-0.2, -0.15) is 0 Å². The molecule has 0 radical (unpaired) electrons. The highest BCUT2D eigenvalue weighted by Crippen LogP contribution is 2.24. The van der Waals surface area contributed by atoms with Gasteiger partial charge in [-0.3, -0.25) is 14.2 Å². The fraction of sp³-hybridized carbons (Fsp3) is 0.292. The van der Waals surface area contributed by atoms with Gasteiger partial charge in [0, 0.05) is 16.6 Å². The number of halogens is 2. The molecule has 1 aromatic heterocycles. The lowest BCUT2D eigenvalue weighted by molar-refractivity contribution is -0.118. The van der Waals surface area contributed by atoms with Crippen molar-refractivity contribution in [1.29, 1.82) is 0 Å². The molecule has 5 nitrogen and oxygen atoms in total. The van der Waals surface area contributed by atoms with Crippen LogP contribution in [0, 0.1) is 0 Å². The molecule has 1 N–H and O–H groups in total. The van der Waals surface area contributed by atoms with Crippen LogP contribution in [0.1, 0.15) is 32.1 Å². The Morgan fingerprint density at radius 1 is 1.09 bits per heavy atom. The zero-order valence-corrected chi connectivity index (χ0v) is 19.8. The molecular formula is C24H23Cl2N3O2S. The van der Waals surface area contributed by atoms with Crippen molar-refractivity contribution in [3.63, 3.8) is 0 Å². The van der Waals surface area contributed by atoms with Crippen LogP contribution in [0.4, 0.5) is 0 Å². The van der Waals surface area contributed by atoms with Crippen LogP contribution >= 0.6 is 35.0 Å². The molecule has 0 atom stereocenters. The first-order valence-electron chi connectivity index (χ1n) is 10.6. The average molecular weight is 488 g/mol. The monoisotopic (exact) mass is 487 g/mol. The molecule has 0 spiro atoms. The Morgan fingerprint density at radius 3 is 2.62 bits per heavy atom. The van der Waals surface area contributed by atoms with Crippen molar-refractivity contribution in [2.45, 2.75) is 37.3 Å². The molecule has 4 rings (SSSR count). The van der Waals surface area contributed by atoms with Crippen LogP contribution in [0.5, 0.6) is 0 Å². The normalized spacial score (nSPS) is 13.8. The van der Waals surface area contributed by atoms with E-state index in [1.807, 2.05) is 0 Å². The predicted molar refractivity (Wildman–Crippen MR) is 132 cm³/mol. The van der Waals surface area contributed by atoms with E-state index in [0.29, 0.717) is 38.3 Å². The van der Waals surface area contributed by atoms with Crippen LogP contribution in [0.15, 0.2) is 64.1 Å². The minimum Gasteiger partial charge on any atom is -0.355 e. The molecule has 0 saturated heterocycles. The van der Waals surface area contributed by atoms with E-state index in [1.54, 1.807) is 42.5 Å². The Bertz CT molecular complexity index is 1220. The number of amides is 1. The quantitative estimate of drug-likeness (QED) is 0.260. The fourth-order valence-electron chi connectivity index (χ4n) is 3.73. The third kappa shape index (κ3) is 5.55. The number of carbonyl (C=O) groups excluding carboxylic acids is 1. The summed E-state index contributed by atoms with van der Waals surface area (Å²) in [7, 11) is 0. The predicted octanol–water partition coefficient (Wildman–Crippen LogP) is 5.79. The molecule has 1 aliphatic carbocycles. The number of hydrogen-bond donors (Lipinski definition) is 1. The van der Waals surface area contributed by atoms with E-state index in [1.165, 1.54) is 34.7 Å². The van der Waals surface area contributed by atoms with E-state index in [0.717, 1.165) is 19.3 Å². The highest BCUT2D eigenvalue weighted by molar-refractivity contribution is 7.99. The molecule has 0 saturated carbocycles. The number of fused-ring (bicyclic) bond motifs is 1. The molecule has 0 bridgehead atoms. The van der Waals surface area contributed by atoms with Crippen LogP contribution < -0.4 is 10.9 Å². The Kier molecular flexibility index (Phi) is 7.55. The molecule has 2 aromatic carbocycles. The number of nitrogens with one attached hydrogen (secondary N) is 1. The van der Waals surface area contributed by atoms with Crippen molar-refractivity contribution in [2.24, 2.45) is 0 Å². The van der Waals surface area contributed by atoms with Gasteiger partial charge in [-0.15, -0.1) is 0 Å². The van der Waals surface area contributed by atoms with Gasteiger partial charge >= 0.3 is 0 Å². The molecule has 3 aromatic rings. The summed E-state index contributed by atoms with van der Waals surface area (Å²) in [5.41, 5.74) is 2.34. The molecule has 1 amide bonds. The SMILES string of the molecule is O=C(CSc1nc2cc(Cl)ccc2c(=O)n1-c1ccc(Cl)cc1)NCCC1=CCCCC1. The smallest absolute Gasteiger partial charge is 0.266 e. The second kappa shape index (κ2) is 10.6. The zero-order chi connectivity index (χ0) is 22.5. The topological polar surface area (TPSA) is 64.0 Å². The summed E-state index contributed by atoms with van der Waals surface area (Å²) in [6.07, 6.45) is 7.93. The molecule has 32 heavy (non-hydrogen) atoms. The van der Waals surface area contributed by atoms with Crippen LogP contribution in [0.25, 0.3) is 16.6 Å². The number of benzene rings is 2. The number of rotatable bonds is 7. The lowest BCUT2D eigenvalue weighted by atomic mass is 9.97. The maximum Gasteiger partial charge on any atom is 0.266 e. The summed E-state index contributed by atoms with van der Waals surface area (Å²) >= 11 is 13.4. The molecule has 8 heteroatoms. The fourth-order valence-corrected chi connectivity index (χ4v) is 4.86. The summed E-state index contributed by atoms with van der Waals surface area (Å²) in [5, 5.41) is 4.93. The molecule has 1 aliphatic rings. The number of aromatic nitrogens is 2. The Hall–Kier alpha value is -2.28. The van der Waals surface area contributed by atoms with Gasteiger partial charge in [0.05, 0.1) is 22.3 Å². The van der Waals surface area contributed by atoms with Crippen molar-refractivity contribution in [1.82, 2.24) is 14.9 Å². The largest absolute Gasteiger partial charge is 0.355 e. The van der Waals surface area contributed by atoms with Gasteiger partial charge in [0.25, 0.3) is 5.56 Å². The minimum absolute atomic E-state index is 0.0884. The van der Waals surface area contributed by atoms with Gasteiger partial charge in [-0.1, -0.05) is 46.6 Å². The van der Waals surface area contributed by atoms with E-state index in [-0.39, 0.29) is 17.2 Å². The first-order chi connectivity index (χ1) is 15.5.